The first-order chi connectivity index (χ1) is 19.3. The Bertz CT molecular complexity index is 1700. The minimum absolute atomic E-state index is 0.0923. The highest BCUT2D eigenvalue weighted by molar-refractivity contribution is 6.31. The van der Waals surface area contributed by atoms with E-state index in [-0.39, 0.29) is 16.2 Å². The maximum Gasteiger partial charge on any atom is 0.0543 e. The van der Waals surface area contributed by atoms with Crippen LogP contribution in [0.4, 0.5) is 17.1 Å². The third-order valence-corrected chi connectivity index (χ3v) is 9.08. The Hall–Kier alpha value is -3.55. The Morgan fingerprint density at radius 2 is 1.10 bits per heavy atom. The molecule has 0 spiro atoms. The second kappa shape index (κ2) is 9.50. The van der Waals surface area contributed by atoms with E-state index in [1.807, 2.05) is 6.07 Å². The Morgan fingerprint density at radius 3 is 1.61 bits per heavy atom. The smallest absolute Gasteiger partial charge is 0.0543 e. The normalized spacial score (nSPS) is 14.2. The van der Waals surface area contributed by atoms with Crippen LogP contribution in [0.3, 0.4) is 0 Å². The topological polar surface area (TPSA) is 3.24 Å². The molecule has 0 aliphatic heterocycles. The molecule has 0 amide bonds. The molecular weight excluding hydrogens is 518 g/mol. The molecule has 0 aromatic heterocycles. The third kappa shape index (κ3) is 4.65. The summed E-state index contributed by atoms with van der Waals surface area (Å²) < 4.78 is 0. The van der Waals surface area contributed by atoms with E-state index in [2.05, 4.69) is 151 Å². The molecule has 1 nitrogen and oxygen atoms in total. The number of rotatable bonds is 3. The molecule has 5 aromatic rings. The van der Waals surface area contributed by atoms with Crippen molar-refractivity contribution in [3.8, 4) is 11.1 Å². The van der Waals surface area contributed by atoms with Crippen LogP contribution in [-0.4, -0.2) is 0 Å². The van der Waals surface area contributed by atoms with Crippen LogP contribution in [0.2, 0.25) is 5.02 Å². The molecule has 0 atom stereocenters. The van der Waals surface area contributed by atoms with Gasteiger partial charge in [0, 0.05) is 27.2 Å². The monoisotopic (exact) mass is 557 g/mol. The fraction of sp³-hybridized carbons (Fsp3) is 0.282. The van der Waals surface area contributed by atoms with Gasteiger partial charge in [0.25, 0.3) is 0 Å². The van der Waals surface area contributed by atoms with E-state index in [1.54, 1.807) is 0 Å². The second-order valence-corrected chi connectivity index (χ2v) is 14.5. The number of hydrogen-bond donors (Lipinski definition) is 0. The van der Waals surface area contributed by atoms with Crippen LogP contribution < -0.4 is 4.90 Å². The fourth-order valence-corrected chi connectivity index (χ4v) is 6.54. The van der Waals surface area contributed by atoms with Crippen molar-refractivity contribution in [2.45, 2.75) is 71.6 Å². The average molecular weight is 558 g/mol. The molecule has 1 aliphatic carbocycles. The van der Waals surface area contributed by atoms with E-state index >= 15 is 0 Å². The Kier molecular flexibility index (Phi) is 6.40. The van der Waals surface area contributed by atoms with Gasteiger partial charge in [-0.3, -0.25) is 0 Å². The molecule has 0 bridgehead atoms. The van der Waals surface area contributed by atoms with Crippen molar-refractivity contribution in [2.75, 3.05) is 4.90 Å². The van der Waals surface area contributed by atoms with E-state index in [1.165, 1.54) is 49.8 Å². The molecule has 0 radical (unpaired) electrons. The van der Waals surface area contributed by atoms with Crippen molar-refractivity contribution >= 4 is 39.4 Å². The van der Waals surface area contributed by atoms with E-state index in [4.69, 9.17) is 11.6 Å². The summed E-state index contributed by atoms with van der Waals surface area (Å²) in [7, 11) is 0. The van der Waals surface area contributed by atoms with Crippen LogP contribution in [-0.2, 0) is 16.2 Å². The fourth-order valence-electron chi connectivity index (χ4n) is 6.37. The first-order valence-electron chi connectivity index (χ1n) is 14.6. The lowest BCUT2D eigenvalue weighted by atomic mass is 9.81. The minimum atomic E-state index is -0.174. The second-order valence-electron chi connectivity index (χ2n) is 14.1. The molecule has 1 aliphatic rings. The standard InChI is InChI=1S/C39H40ClN/c1-37(2,3)25-13-18-28(19-14-25)41(29-20-15-26(16-21-29)38(4,5)6)35-24-34-36(31-12-10-9-11-30(31)35)32-22-17-27(40)23-33(32)39(34,7)8/h9-24H,1-8H3. The van der Waals surface area contributed by atoms with Crippen molar-refractivity contribution in [1.82, 2.24) is 0 Å². The van der Waals surface area contributed by atoms with Gasteiger partial charge in [0.15, 0.2) is 0 Å². The SMILES string of the molecule is CC(C)(C)c1ccc(N(c2ccc(C(C)(C)C)cc2)c2cc3c(c4ccccc24)-c2ccc(Cl)cc2C3(C)C)cc1. The van der Waals surface area contributed by atoms with Crippen molar-refractivity contribution in [3.05, 3.63) is 124 Å². The van der Waals surface area contributed by atoms with Crippen molar-refractivity contribution in [1.29, 1.82) is 0 Å². The quantitative estimate of drug-likeness (QED) is 0.213. The van der Waals surface area contributed by atoms with Gasteiger partial charge in [0.05, 0.1) is 5.69 Å². The maximum absolute atomic E-state index is 6.53. The number of halogens is 1. The molecule has 5 aromatic carbocycles. The van der Waals surface area contributed by atoms with Crippen LogP contribution in [0, 0.1) is 0 Å². The highest BCUT2D eigenvalue weighted by Crippen LogP contribution is 2.55. The van der Waals surface area contributed by atoms with Crippen LogP contribution in [0.25, 0.3) is 21.9 Å². The number of nitrogens with zero attached hydrogens (tertiary/aromatic N) is 1. The average Bonchev–Trinajstić information content (AvgIpc) is 3.14. The highest BCUT2D eigenvalue weighted by atomic mass is 35.5. The lowest BCUT2D eigenvalue weighted by Crippen LogP contribution is -2.17. The molecule has 0 N–H and O–H groups in total. The summed E-state index contributed by atoms with van der Waals surface area (Å²) in [4.78, 5) is 2.44. The maximum atomic E-state index is 6.53. The zero-order chi connectivity index (χ0) is 29.3. The number of anilines is 3. The molecule has 0 heterocycles. The molecule has 208 valence electrons. The van der Waals surface area contributed by atoms with Crippen LogP contribution >= 0.6 is 11.6 Å². The largest absolute Gasteiger partial charge is 0.310 e. The summed E-state index contributed by atoms with van der Waals surface area (Å²) >= 11 is 6.53. The molecule has 2 heteroatoms. The van der Waals surface area contributed by atoms with Crippen LogP contribution in [0.15, 0.2) is 97.1 Å². The van der Waals surface area contributed by atoms with E-state index in [0.717, 1.165) is 16.4 Å². The first kappa shape index (κ1) is 27.6. The van der Waals surface area contributed by atoms with Gasteiger partial charge >= 0.3 is 0 Å². The van der Waals surface area contributed by atoms with Crippen LogP contribution in [0.1, 0.15) is 77.6 Å². The van der Waals surface area contributed by atoms with Gasteiger partial charge in [-0.15, -0.1) is 0 Å². The zero-order valence-corrected chi connectivity index (χ0v) is 26.3. The lowest BCUT2D eigenvalue weighted by molar-refractivity contribution is 0.590. The van der Waals surface area contributed by atoms with Crippen molar-refractivity contribution < 1.29 is 0 Å². The van der Waals surface area contributed by atoms with Gasteiger partial charge in [-0.25, -0.2) is 0 Å². The predicted molar refractivity (Wildman–Crippen MR) is 179 cm³/mol. The molecule has 0 saturated carbocycles. The third-order valence-electron chi connectivity index (χ3n) is 8.84. The molecule has 6 rings (SSSR count). The first-order valence-corrected chi connectivity index (χ1v) is 15.0. The molecular formula is C39H40ClN. The number of benzene rings is 5. The highest BCUT2D eigenvalue weighted by Gasteiger charge is 2.38. The molecule has 0 saturated heterocycles. The lowest BCUT2D eigenvalue weighted by Gasteiger charge is -2.31. The Labute approximate surface area is 250 Å². The Balaban J connectivity index is 1.64. The minimum Gasteiger partial charge on any atom is -0.310 e. The molecule has 0 unspecified atom stereocenters. The van der Waals surface area contributed by atoms with E-state index in [9.17, 15) is 0 Å². The summed E-state index contributed by atoms with van der Waals surface area (Å²) in [5, 5.41) is 3.30. The van der Waals surface area contributed by atoms with Crippen LogP contribution in [0.5, 0.6) is 0 Å². The number of hydrogen-bond acceptors (Lipinski definition) is 1. The van der Waals surface area contributed by atoms with Gasteiger partial charge < -0.3 is 4.90 Å². The summed E-state index contributed by atoms with van der Waals surface area (Å²) in [6.07, 6.45) is 0. The van der Waals surface area contributed by atoms with E-state index in [0.29, 0.717) is 0 Å². The van der Waals surface area contributed by atoms with Crippen molar-refractivity contribution in [2.24, 2.45) is 0 Å². The predicted octanol–water partition coefficient (Wildman–Crippen LogP) is 11.9. The summed E-state index contributed by atoms with van der Waals surface area (Å²) in [5.41, 5.74) is 11.4. The Morgan fingerprint density at radius 1 is 0.585 bits per heavy atom. The zero-order valence-electron chi connectivity index (χ0n) is 25.6. The number of fused-ring (bicyclic) bond motifs is 5. The summed E-state index contributed by atoms with van der Waals surface area (Å²) in [6, 6.07) is 35.9. The molecule has 0 fully saturated rings. The summed E-state index contributed by atoms with van der Waals surface area (Å²) in [6.45, 7) is 18.3. The van der Waals surface area contributed by atoms with Gasteiger partial charge in [-0.05, 0) is 92.1 Å². The van der Waals surface area contributed by atoms with Gasteiger partial charge in [0.1, 0.15) is 0 Å². The van der Waals surface area contributed by atoms with Gasteiger partial charge in [0.2, 0.25) is 0 Å². The van der Waals surface area contributed by atoms with Crippen molar-refractivity contribution in [3.63, 3.8) is 0 Å². The van der Waals surface area contributed by atoms with E-state index < -0.39 is 0 Å². The van der Waals surface area contributed by atoms with Gasteiger partial charge in [-0.2, -0.15) is 0 Å². The molecule has 41 heavy (non-hydrogen) atoms. The summed E-state index contributed by atoms with van der Waals surface area (Å²) in [5.74, 6) is 0. The van der Waals surface area contributed by atoms with Gasteiger partial charge in [-0.1, -0.05) is 122 Å².